The number of benzene rings is 1. The van der Waals surface area contributed by atoms with Crippen LogP contribution in [0.2, 0.25) is 0 Å². The maximum atomic E-state index is 13.1. The van der Waals surface area contributed by atoms with E-state index in [2.05, 4.69) is 0 Å². The summed E-state index contributed by atoms with van der Waals surface area (Å²) in [5.41, 5.74) is 0.242. The summed E-state index contributed by atoms with van der Waals surface area (Å²) in [4.78, 5) is 0. The number of hydrogen-bond acceptors (Lipinski definition) is 3. The average Bonchev–Trinajstić information content (AvgIpc) is 2.30. The number of halogens is 1. The van der Waals surface area contributed by atoms with Gasteiger partial charge in [-0.05, 0) is 31.5 Å². The second-order valence-corrected chi connectivity index (χ2v) is 5.76. The van der Waals surface area contributed by atoms with E-state index in [0.717, 1.165) is 10.4 Å². The minimum Gasteiger partial charge on any atom is -0.269 e. The van der Waals surface area contributed by atoms with E-state index >= 15 is 0 Å². The van der Waals surface area contributed by atoms with E-state index in [-0.39, 0.29) is 18.7 Å². The third kappa shape index (κ3) is 2.79. The fourth-order valence-corrected chi connectivity index (χ4v) is 3.29. The largest absolute Gasteiger partial charge is 0.269 e. The standard InChI is InChI=1S/C12H15FN2O2S/c1-3-12(9-14)18(16,17)15(4-2)11-7-5-6-10(13)8-11/h5-8,12H,3-4H2,1-2H3. The van der Waals surface area contributed by atoms with Crippen LogP contribution in [0.15, 0.2) is 24.3 Å². The van der Waals surface area contributed by atoms with Gasteiger partial charge in [0.15, 0.2) is 5.25 Å². The highest BCUT2D eigenvalue weighted by molar-refractivity contribution is 7.93. The van der Waals surface area contributed by atoms with Gasteiger partial charge in [0.1, 0.15) is 5.82 Å². The fraction of sp³-hybridized carbons (Fsp3) is 0.417. The molecule has 0 aliphatic carbocycles. The average molecular weight is 270 g/mol. The van der Waals surface area contributed by atoms with Gasteiger partial charge >= 0.3 is 0 Å². The lowest BCUT2D eigenvalue weighted by Gasteiger charge is -2.24. The Balaban J connectivity index is 3.23. The van der Waals surface area contributed by atoms with Crippen molar-refractivity contribution in [1.29, 1.82) is 5.26 Å². The lowest BCUT2D eigenvalue weighted by molar-refractivity contribution is 0.582. The van der Waals surface area contributed by atoms with Crippen molar-refractivity contribution in [1.82, 2.24) is 0 Å². The van der Waals surface area contributed by atoms with Crippen LogP contribution in [-0.4, -0.2) is 20.2 Å². The highest BCUT2D eigenvalue weighted by Crippen LogP contribution is 2.22. The van der Waals surface area contributed by atoms with Gasteiger partial charge in [0.05, 0.1) is 11.8 Å². The number of rotatable bonds is 5. The van der Waals surface area contributed by atoms with Crippen LogP contribution in [0.3, 0.4) is 0 Å². The van der Waals surface area contributed by atoms with Gasteiger partial charge < -0.3 is 0 Å². The van der Waals surface area contributed by atoms with Gasteiger partial charge in [0.25, 0.3) is 10.0 Å². The third-order valence-electron chi connectivity index (χ3n) is 2.56. The Bertz CT molecular complexity index is 551. The molecule has 98 valence electrons. The molecule has 6 heteroatoms. The number of anilines is 1. The molecular formula is C12H15FN2O2S. The number of nitrogens with zero attached hydrogens (tertiary/aromatic N) is 2. The van der Waals surface area contributed by atoms with Gasteiger partial charge in [-0.3, -0.25) is 4.31 Å². The quantitative estimate of drug-likeness (QED) is 0.824. The summed E-state index contributed by atoms with van der Waals surface area (Å²) in [6.45, 7) is 3.43. The Morgan fingerprint density at radius 1 is 1.44 bits per heavy atom. The lowest BCUT2D eigenvalue weighted by Crippen LogP contribution is -2.38. The maximum Gasteiger partial charge on any atom is 0.251 e. The zero-order valence-electron chi connectivity index (χ0n) is 10.3. The van der Waals surface area contributed by atoms with Crippen LogP contribution in [0.25, 0.3) is 0 Å². The van der Waals surface area contributed by atoms with Gasteiger partial charge in [0, 0.05) is 6.54 Å². The van der Waals surface area contributed by atoms with Crippen molar-refractivity contribution in [3.63, 3.8) is 0 Å². The van der Waals surface area contributed by atoms with Crippen molar-refractivity contribution in [2.75, 3.05) is 10.8 Å². The summed E-state index contributed by atoms with van der Waals surface area (Å²) >= 11 is 0. The predicted molar refractivity (Wildman–Crippen MR) is 68.0 cm³/mol. The summed E-state index contributed by atoms with van der Waals surface area (Å²) in [5.74, 6) is -0.508. The molecule has 18 heavy (non-hydrogen) atoms. The second-order valence-electron chi connectivity index (χ2n) is 3.72. The van der Waals surface area contributed by atoms with Gasteiger partial charge in [-0.1, -0.05) is 13.0 Å². The van der Waals surface area contributed by atoms with Gasteiger partial charge in [-0.15, -0.1) is 0 Å². The molecule has 0 saturated carbocycles. The molecule has 0 aliphatic rings. The van der Waals surface area contributed by atoms with E-state index < -0.39 is 21.1 Å². The summed E-state index contributed by atoms with van der Waals surface area (Å²) in [7, 11) is -3.78. The Hall–Kier alpha value is -1.61. The number of sulfonamides is 1. The van der Waals surface area contributed by atoms with Crippen LogP contribution in [0.5, 0.6) is 0 Å². The van der Waals surface area contributed by atoms with Crippen LogP contribution in [0.1, 0.15) is 20.3 Å². The predicted octanol–water partition coefficient (Wildman–Crippen LogP) is 2.28. The zero-order chi connectivity index (χ0) is 13.8. The Morgan fingerprint density at radius 3 is 2.56 bits per heavy atom. The van der Waals surface area contributed by atoms with Crippen LogP contribution in [0, 0.1) is 17.1 Å². The molecule has 1 aromatic carbocycles. The van der Waals surface area contributed by atoms with Gasteiger partial charge in [0.2, 0.25) is 0 Å². The van der Waals surface area contributed by atoms with Crippen LogP contribution in [0.4, 0.5) is 10.1 Å². The molecule has 1 rings (SSSR count). The molecule has 0 aliphatic heterocycles. The van der Waals surface area contributed by atoms with Crippen LogP contribution < -0.4 is 4.31 Å². The number of nitriles is 1. The van der Waals surface area contributed by atoms with Crippen molar-refractivity contribution in [3.8, 4) is 6.07 Å². The molecule has 0 bridgehead atoms. The van der Waals surface area contributed by atoms with Crippen molar-refractivity contribution in [3.05, 3.63) is 30.1 Å². The van der Waals surface area contributed by atoms with E-state index in [4.69, 9.17) is 5.26 Å². The van der Waals surface area contributed by atoms with E-state index in [1.165, 1.54) is 18.2 Å². The molecule has 0 fully saturated rings. The Kier molecular flexibility index (Phi) is 4.68. The topological polar surface area (TPSA) is 61.2 Å². The SMILES string of the molecule is CCC(C#N)S(=O)(=O)N(CC)c1cccc(F)c1. The first kappa shape index (κ1) is 14.5. The molecule has 1 aromatic rings. The zero-order valence-corrected chi connectivity index (χ0v) is 11.1. The monoisotopic (exact) mass is 270 g/mol. The highest BCUT2D eigenvalue weighted by Gasteiger charge is 2.30. The van der Waals surface area contributed by atoms with Crippen LogP contribution >= 0.6 is 0 Å². The third-order valence-corrected chi connectivity index (χ3v) is 4.81. The molecule has 0 heterocycles. The van der Waals surface area contributed by atoms with E-state index in [1.807, 2.05) is 0 Å². The lowest BCUT2D eigenvalue weighted by atomic mass is 10.3. The summed E-state index contributed by atoms with van der Waals surface area (Å²) in [5, 5.41) is 7.77. The molecule has 0 saturated heterocycles. The molecule has 1 atom stereocenters. The molecule has 0 aromatic heterocycles. The van der Waals surface area contributed by atoms with E-state index in [1.54, 1.807) is 19.9 Å². The first-order valence-corrected chi connectivity index (χ1v) is 7.14. The van der Waals surface area contributed by atoms with E-state index in [9.17, 15) is 12.8 Å². The fourth-order valence-electron chi connectivity index (χ4n) is 1.66. The van der Waals surface area contributed by atoms with Crippen LogP contribution in [-0.2, 0) is 10.0 Å². The Morgan fingerprint density at radius 2 is 2.11 bits per heavy atom. The van der Waals surface area contributed by atoms with Crippen molar-refractivity contribution >= 4 is 15.7 Å². The summed E-state index contributed by atoms with van der Waals surface area (Å²) in [6.07, 6.45) is 0.199. The second kappa shape index (κ2) is 5.83. The Labute approximate surface area is 107 Å². The molecule has 0 N–H and O–H groups in total. The maximum absolute atomic E-state index is 13.1. The minimum absolute atomic E-state index is 0.157. The smallest absolute Gasteiger partial charge is 0.251 e. The molecule has 4 nitrogen and oxygen atoms in total. The van der Waals surface area contributed by atoms with Gasteiger partial charge in [-0.2, -0.15) is 5.26 Å². The van der Waals surface area contributed by atoms with E-state index in [0.29, 0.717) is 0 Å². The first-order chi connectivity index (χ1) is 8.47. The summed E-state index contributed by atoms with van der Waals surface area (Å²) in [6, 6.07) is 7.10. The minimum atomic E-state index is -3.78. The van der Waals surface area contributed by atoms with Crippen molar-refractivity contribution in [2.45, 2.75) is 25.5 Å². The highest BCUT2D eigenvalue weighted by atomic mass is 32.2. The summed E-state index contributed by atoms with van der Waals surface area (Å²) < 4.78 is 38.6. The molecule has 0 amide bonds. The molecule has 0 spiro atoms. The van der Waals surface area contributed by atoms with Gasteiger partial charge in [-0.25, -0.2) is 12.8 Å². The van der Waals surface area contributed by atoms with Crippen molar-refractivity contribution in [2.24, 2.45) is 0 Å². The molecule has 0 radical (unpaired) electrons. The number of hydrogen-bond donors (Lipinski definition) is 0. The molecular weight excluding hydrogens is 255 g/mol. The first-order valence-electron chi connectivity index (χ1n) is 5.64. The van der Waals surface area contributed by atoms with Crippen molar-refractivity contribution < 1.29 is 12.8 Å². The normalized spacial score (nSPS) is 12.8. The molecule has 1 unspecified atom stereocenters.